The fourth-order valence-corrected chi connectivity index (χ4v) is 2.98. The molecular formula is C15H19Cl2N3O2S. The highest BCUT2D eigenvalue weighted by molar-refractivity contribution is 7.80. The third-order valence-corrected chi connectivity index (χ3v) is 4.53. The summed E-state index contributed by atoms with van der Waals surface area (Å²) in [5, 5.41) is 5.06. The summed E-state index contributed by atoms with van der Waals surface area (Å²) in [6.07, 6.45) is -0.265. The number of benzene rings is 1. The first-order chi connectivity index (χ1) is 11.0. The molecule has 5 nitrogen and oxygen atoms in total. The van der Waals surface area contributed by atoms with Gasteiger partial charge < -0.3 is 19.9 Å². The van der Waals surface area contributed by atoms with Gasteiger partial charge in [0, 0.05) is 42.8 Å². The van der Waals surface area contributed by atoms with Gasteiger partial charge in [-0.1, -0.05) is 29.3 Å². The van der Waals surface area contributed by atoms with E-state index in [1.54, 1.807) is 24.0 Å². The van der Waals surface area contributed by atoms with Crippen LogP contribution in [0, 0.1) is 0 Å². The van der Waals surface area contributed by atoms with E-state index in [1.165, 1.54) is 0 Å². The number of nitrogens with one attached hydrogen (secondary N) is 1. The predicted octanol–water partition coefficient (Wildman–Crippen LogP) is 3.14. The van der Waals surface area contributed by atoms with E-state index >= 15 is 0 Å². The molecular weight excluding hydrogens is 357 g/mol. The van der Waals surface area contributed by atoms with Crippen LogP contribution in [0.25, 0.3) is 0 Å². The third-order valence-electron chi connectivity index (χ3n) is 3.54. The topological polar surface area (TPSA) is 44.8 Å². The largest absolute Gasteiger partial charge is 0.450 e. The van der Waals surface area contributed by atoms with Gasteiger partial charge in [0.15, 0.2) is 5.11 Å². The molecule has 1 aliphatic heterocycles. The number of amides is 1. The average molecular weight is 376 g/mol. The Balaban J connectivity index is 1.80. The van der Waals surface area contributed by atoms with Crippen molar-refractivity contribution in [3.8, 4) is 0 Å². The lowest BCUT2D eigenvalue weighted by atomic mass is 10.2. The number of thiocarbonyl (C=S) groups is 1. The molecule has 8 heteroatoms. The predicted molar refractivity (Wildman–Crippen MR) is 96.1 cm³/mol. The number of nitrogens with zero attached hydrogens (tertiary/aromatic N) is 2. The third kappa shape index (κ3) is 5.12. The molecule has 0 spiro atoms. The van der Waals surface area contributed by atoms with Gasteiger partial charge in [0.2, 0.25) is 0 Å². The van der Waals surface area contributed by atoms with E-state index in [1.807, 2.05) is 11.0 Å². The highest BCUT2D eigenvalue weighted by Crippen LogP contribution is 2.20. The smallest absolute Gasteiger partial charge is 0.409 e. The van der Waals surface area contributed by atoms with Crippen molar-refractivity contribution >= 4 is 46.6 Å². The van der Waals surface area contributed by atoms with Gasteiger partial charge in [-0.2, -0.15) is 0 Å². The number of halogens is 2. The lowest BCUT2D eigenvalue weighted by molar-refractivity contribution is 0.0918. The molecule has 1 N–H and O–H groups in total. The maximum atomic E-state index is 11.7. The van der Waals surface area contributed by atoms with Crippen molar-refractivity contribution in [1.29, 1.82) is 0 Å². The van der Waals surface area contributed by atoms with E-state index in [0.29, 0.717) is 54.5 Å². The molecule has 0 unspecified atom stereocenters. The standard InChI is InChI=1S/C15H19Cl2N3O2S/c1-2-22-15(21)20-7-5-19(6-8-20)14(23)18-10-11-3-4-12(16)9-13(11)17/h3-4,9H,2,5-8,10H2,1H3,(H,18,23). The Kier molecular flexibility index (Phi) is 6.74. The molecule has 0 aromatic heterocycles. The molecule has 1 heterocycles. The van der Waals surface area contributed by atoms with E-state index in [2.05, 4.69) is 5.32 Å². The number of carbonyl (C=O) groups excluding carboxylic acids is 1. The van der Waals surface area contributed by atoms with Crippen molar-refractivity contribution in [3.63, 3.8) is 0 Å². The van der Waals surface area contributed by atoms with Gasteiger partial charge in [-0.25, -0.2) is 4.79 Å². The monoisotopic (exact) mass is 375 g/mol. The van der Waals surface area contributed by atoms with Crippen molar-refractivity contribution in [2.24, 2.45) is 0 Å². The minimum atomic E-state index is -0.265. The Morgan fingerprint density at radius 2 is 1.91 bits per heavy atom. The van der Waals surface area contributed by atoms with Gasteiger partial charge in [0.05, 0.1) is 6.61 Å². The van der Waals surface area contributed by atoms with Crippen LogP contribution in [-0.2, 0) is 11.3 Å². The van der Waals surface area contributed by atoms with E-state index in [-0.39, 0.29) is 6.09 Å². The Hall–Kier alpha value is -1.24. The van der Waals surface area contributed by atoms with E-state index in [9.17, 15) is 4.79 Å². The van der Waals surface area contributed by atoms with E-state index in [4.69, 9.17) is 40.2 Å². The number of hydrogen-bond acceptors (Lipinski definition) is 3. The molecule has 0 aliphatic carbocycles. The van der Waals surface area contributed by atoms with E-state index < -0.39 is 0 Å². The maximum absolute atomic E-state index is 11.7. The summed E-state index contributed by atoms with van der Waals surface area (Å²) in [6.45, 7) is 5.28. The molecule has 1 amide bonds. The second-order valence-electron chi connectivity index (χ2n) is 5.07. The lowest BCUT2D eigenvalue weighted by Gasteiger charge is -2.35. The second kappa shape index (κ2) is 8.57. The van der Waals surface area contributed by atoms with Gasteiger partial charge in [-0.3, -0.25) is 0 Å². The van der Waals surface area contributed by atoms with Crippen LogP contribution in [0.1, 0.15) is 12.5 Å². The number of rotatable bonds is 3. The SMILES string of the molecule is CCOC(=O)N1CCN(C(=S)NCc2ccc(Cl)cc2Cl)CC1. The Bertz CT molecular complexity index is 578. The minimum Gasteiger partial charge on any atom is -0.450 e. The summed E-state index contributed by atoms with van der Waals surface area (Å²) in [7, 11) is 0. The van der Waals surface area contributed by atoms with Gasteiger partial charge in [-0.05, 0) is 36.8 Å². The highest BCUT2D eigenvalue weighted by atomic mass is 35.5. The van der Waals surface area contributed by atoms with Gasteiger partial charge in [0.1, 0.15) is 0 Å². The van der Waals surface area contributed by atoms with Gasteiger partial charge in [0.25, 0.3) is 0 Å². The van der Waals surface area contributed by atoms with Crippen molar-refractivity contribution in [2.75, 3.05) is 32.8 Å². The molecule has 1 fully saturated rings. The normalized spacial score (nSPS) is 14.6. The zero-order valence-corrected chi connectivity index (χ0v) is 15.2. The van der Waals surface area contributed by atoms with Crippen LogP contribution in [0.4, 0.5) is 4.79 Å². The van der Waals surface area contributed by atoms with Crippen LogP contribution < -0.4 is 5.32 Å². The molecule has 0 bridgehead atoms. The van der Waals surface area contributed by atoms with Crippen molar-refractivity contribution in [2.45, 2.75) is 13.5 Å². The molecule has 1 aromatic rings. The van der Waals surface area contributed by atoms with Gasteiger partial charge >= 0.3 is 6.09 Å². The van der Waals surface area contributed by atoms with Crippen molar-refractivity contribution in [3.05, 3.63) is 33.8 Å². The van der Waals surface area contributed by atoms with Crippen LogP contribution >= 0.6 is 35.4 Å². The first kappa shape index (κ1) is 18.1. The molecule has 23 heavy (non-hydrogen) atoms. The van der Waals surface area contributed by atoms with Crippen LogP contribution in [0.5, 0.6) is 0 Å². The fraction of sp³-hybridized carbons (Fsp3) is 0.467. The molecule has 0 atom stereocenters. The second-order valence-corrected chi connectivity index (χ2v) is 6.30. The summed E-state index contributed by atoms with van der Waals surface area (Å²) in [5.41, 5.74) is 0.934. The zero-order valence-electron chi connectivity index (χ0n) is 12.8. The first-order valence-electron chi connectivity index (χ1n) is 7.39. The summed E-state index contributed by atoms with van der Waals surface area (Å²) < 4.78 is 5.00. The number of piperazine rings is 1. The Morgan fingerprint density at radius 1 is 1.26 bits per heavy atom. The van der Waals surface area contributed by atoms with Crippen LogP contribution in [-0.4, -0.2) is 53.8 Å². The summed E-state index contributed by atoms with van der Waals surface area (Å²) >= 11 is 17.4. The van der Waals surface area contributed by atoms with Crippen molar-refractivity contribution in [1.82, 2.24) is 15.1 Å². The molecule has 126 valence electrons. The molecule has 0 radical (unpaired) electrons. The fourth-order valence-electron chi connectivity index (χ4n) is 2.25. The summed E-state index contributed by atoms with van der Waals surface area (Å²) in [4.78, 5) is 15.4. The number of hydrogen-bond donors (Lipinski definition) is 1. The lowest BCUT2D eigenvalue weighted by Crippen LogP contribution is -2.53. The number of ether oxygens (including phenoxy) is 1. The molecule has 0 saturated carbocycles. The van der Waals surface area contributed by atoms with Crippen LogP contribution in [0.15, 0.2) is 18.2 Å². The molecule has 1 aliphatic rings. The minimum absolute atomic E-state index is 0.265. The molecule has 2 rings (SSSR count). The average Bonchev–Trinajstić information content (AvgIpc) is 2.54. The summed E-state index contributed by atoms with van der Waals surface area (Å²) in [6, 6.07) is 5.38. The summed E-state index contributed by atoms with van der Waals surface area (Å²) in [5.74, 6) is 0. The molecule has 1 saturated heterocycles. The quantitative estimate of drug-likeness (QED) is 0.822. The maximum Gasteiger partial charge on any atom is 0.409 e. The molecule has 1 aromatic carbocycles. The Labute approximate surface area is 151 Å². The first-order valence-corrected chi connectivity index (χ1v) is 8.56. The van der Waals surface area contributed by atoms with Crippen molar-refractivity contribution < 1.29 is 9.53 Å². The van der Waals surface area contributed by atoms with Crippen LogP contribution in [0.2, 0.25) is 10.0 Å². The van der Waals surface area contributed by atoms with Crippen LogP contribution in [0.3, 0.4) is 0 Å². The van der Waals surface area contributed by atoms with E-state index in [0.717, 1.165) is 5.56 Å². The zero-order chi connectivity index (χ0) is 16.8. The van der Waals surface area contributed by atoms with Gasteiger partial charge in [-0.15, -0.1) is 0 Å². The highest BCUT2D eigenvalue weighted by Gasteiger charge is 2.23. The Morgan fingerprint density at radius 3 is 2.52 bits per heavy atom. The number of carbonyl (C=O) groups is 1.